The molecule has 0 atom stereocenters. The van der Waals surface area contributed by atoms with E-state index in [9.17, 15) is 9.18 Å². The molecule has 0 aromatic heterocycles. The van der Waals surface area contributed by atoms with Crippen LogP contribution in [0.3, 0.4) is 0 Å². The standard InChI is InChI=1S/C10H12FNO3/c1-12(6-10(13)14)9-4-3-7(15-2)5-8(9)11/h3-5H,6H2,1-2H3,(H,13,14). The Hall–Kier alpha value is -1.78. The van der Waals surface area contributed by atoms with Crippen molar-refractivity contribution in [1.82, 2.24) is 0 Å². The van der Waals surface area contributed by atoms with Crippen LogP contribution in [0.4, 0.5) is 10.1 Å². The van der Waals surface area contributed by atoms with Gasteiger partial charge in [-0.15, -0.1) is 0 Å². The molecule has 0 saturated carbocycles. The van der Waals surface area contributed by atoms with Gasteiger partial charge >= 0.3 is 5.97 Å². The molecular formula is C10H12FNO3. The molecular weight excluding hydrogens is 201 g/mol. The number of hydrogen-bond acceptors (Lipinski definition) is 3. The second-order valence-electron chi connectivity index (χ2n) is 3.07. The highest BCUT2D eigenvalue weighted by atomic mass is 19.1. The van der Waals surface area contributed by atoms with Gasteiger partial charge < -0.3 is 14.7 Å². The van der Waals surface area contributed by atoms with Crippen LogP contribution in [0.15, 0.2) is 18.2 Å². The predicted molar refractivity (Wildman–Crippen MR) is 53.9 cm³/mol. The van der Waals surface area contributed by atoms with Gasteiger partial charge in [0.2, 0.25) is 0 Å². The number of carbonyl (C=O) groups is 1. The van der Waals surface area contributed by atoms with E-state index in [2.05, 4.69) is 0 Å². The molecule has 0 aliphatic rings. The summed E-state index contributed by atoms with van der Waals surface area (Å²) in [5.41, 5.74) is 0.234. The molecule has 0 saturated heterocycles. The molecule has 0 bridgehead atoms. The molecule has 0 aliphatic carbocycles. The second kappa shape index (κ2) is 4.63. The first-order valence-electron chi connectivity index (χ1n) is 4.31. The molecule has 1 aromatic rings. The number of carboxylic acids is 1. The van der Waals surface area contributed by atoms with Gasteiger partial charge in [0.15, 0.2) is 0 Å². The number of carboxylic acid groups (broad SMARTS) is 1. The van der Waals surface area contributed by atoms with E-state index >= 15 is 0 Å². The number of methoxy groups -OCH3 is 1. The minimum absolute atomic E-state index is 0.234. The molecule has 1 N–H and O–H groups in total. The smallest absolute Gasteiger partial charge is 0.323 e. The monoisotopic (exact) mass is 213 g/mol. The number of halogens is 1. The quantitative estimate of drug-likeness (QED) is 0.820. The second-order valence-corrected chi connectivity index (χ2v) is 3.07. The maximum Gasteiger partial charge on any atom is 0.323 e. The summed E-state index contributed by atoms with van der Waals surface area (Å²) in [7, 11) is 2.95. The molecule has 0 unspecified atom stereocenters. The molecule has 0 fully saturated rings. The maximum atomic E-state index is 13.4. The van der Waals surface area contributed by atoms with Gasteiger partial charge in [-0.25, -0.2) is 4.39 Å². The Bertz CT molecular complexity index is 368. The summed E-state index contributed by atoms with van der Waals surface area (Å²) >= 11 is 0. The number of benzene rings is 1. The molecule has 0 amide bonds. The third kappa shape index (κ3) is 2.83. The summed E-state index contributed by atoms with van der Waals surface area (Å²) in [5, 5.41) is 8.55. The molecule has 4 nitrogen and oxygen atoms in total. The van der Waals surface area contributed by atoms with E-state index in [4.69, 9.17) is 9.84 Å². The van der Waals surface area contributed by atoms with Crippen molar-refractivity contribution in [2.75, 3.05) is 25.6 Å². The first-order valence-corrected chi connectivity index (χ1v) is 4.31. The lowest BCUT2D eigenvalue weighted by Crippen LogP contribution is -2.25. The van der Waals surface area contributed by atoms with Gasteiger partial charge in [0.25, 0.3) is 0 Å². The van der Waals surface area contributed by atoms with Crippen molar-refractivity contribution in [3.05, 3.63) is 24.0 Å². The van der Waals surface area contributed by atoms with E-state index in [1.165, 1.54) is 31.2 Å². The van der Waals surface area contributed by atoms with E-state index in [1.54, 1.807) is 6.07 Å². The summed E-state index contributed by atoms with van der Waals surface area (Å²) in [6, 6.07) is 4.28. The summed E-state index contributed by atoms with van der Waals surface area (Å²) in [5.74, 6) is -1.11. The highest BCUT2D eigenvalue weighted by molar-refractivity contribution is 5.73. The summed E-state index contributed by atoms with van der Waals surface area (Å²) in [6.45, 7) is -0.247. The molecule has 0 radical (unpaired) electrons. The first kappa shape index (κ1) is 11.3. The highest BCUT2D eigenvalue weighted by Gasteiger charge is 2.11. The van der Waals surface area contributed by atoms with Crippen LogP contribution in [-0.2, 0) is 4.79 Å². The van der Waals surface area contributed by atoms with E-state index in [0.29, 0.717) is 5.75 Å². The van der Waals surface area contributed by atoms with Gasteiger partial charge in [0.1, 0.15) is 18.1 Å². The molecule has 0 heterocycles. The third-order valence-corrected chi connectivity index (χ3v) is 1.94. The van der Waals surface area contributed by atoms with Crippen LogP contribution in [0.1, 0.15) is 0 Å². The minimum Gasteiger partial charge on any atom is -0.497 e. The van der Waals surface area contributed by atoms with Gasteiger partial charge in [-0.1, -0.05) is 0 Å². The van der Waals surface area contributed by atoms with Crippen molar-refractivity contribution < 1.29 is 19.0 Å². The Kier molecular flexibility index (Phi) is 3.49. The maximum absolute atomic E-state index is 13.4. The van der Waals surface area contributed by atoms with Gasteiger partial charge in [0.05, 0.1) is 12.8 Å². The zero-order valence-corrected chi connectivity index (χ0v) is 8.53. The van der Waals surface area contributed by atoms with E-state index in [0.717, 1.165) is 0 Å². The Balaban J connectivity index is 2.90. The van der Waals surface area contributed by atoms with Crippen molar-refractivity contribution >= 4 is 11.7 Å². The first-order chi connectivity index (χ1) is 7.04. The van der Waals surface area contributed by atoms with E-state index in [1.807, 2.05) is 0 Å². The summed E-state index contributed by atoms with van der Waals surface area (Å²) in [4.78, 5) is 11.7. The van der Waals surface area contributed by atoms with Crippen LogP contribution in [-0.4, -0.2) is 31.8 Å². The lowest BCUT2D eigenvalue weighted by molar-refractivity contribution is -0.135. The molecule has 82 valence electrons. The molecule has 0 aliphatic heterocycles. The van der Waals surface area contributed by atoms with Gasteiger partial charge in [-0.05, 0) is 12.1 Å². The normalized spacial score (nSPS) is 9.80. The zero-order valence-electron chi connectivity index (χ0n) is 8.53. The lowest BCUT2D eigenvalue weighted by atomic mass is 10.2. The molecule has 1 aromatic carbocycles. The number of likely N-dealkylation sites (N-methyl/N-ethyl adjacent to an activating group) is 1. The van der Waals surface area contributed by atoms with Crippen molar-refractivity contribution in [3.8, 4) is 5.75 Å². The van der Waals surface area contributed by atoms with E-state index < -0.39 is 11.8 Å². The summed E-state index contributed by atoms with van der Waals surface area (Å²) in [6.07, 6.45) is 0. The topological polar surface area (TPSA) is 49.8 Å². The average Bonchev–Trinajstić information content (AvgIpc) is 2.16. The molecule has 5 heteroatoms. The Morgan fingerprint density at radius 3 is 2.73 bits per heavy atom. The Morgan fingerprint density at radius 1 is 1.60 bits per heavy atom. The van der Waals surface area contributed by atoms with Crippen LogP contribution >= 0.6 is 0 Å². The Labute approximate surface area is 86.9 Å². The van der Waals surface area contributed by atoms with Crippen molar-refractivity contribution in [1.29, 1.82) is 0 Å². The molecule has 0 spiro atoms. The minimum atomic E-state index is -1.01. The fourth-order valence-corrected chi connectivity index (χ4v) is 1.21. The van der Waals surface area contributed by atoms with Crippen molar-refractivity contribution in [2.24, 2.45) is 0 Å². The van der Waals surface area contributed by atoms with E-state index in [-0.39, 0.29) is 12.2 Å². The molecule has 1 rings (SSSR count). The highest BCUT2D eigenvalue weighted by Crippen LogP contribution is 2.22. The average molecular weight is 213 g/mol. The van der Waals surface area contributed by atoms with Crippen molar-refractivity contribution in [2.45, 2.75) is 0 Å². The lowest BCUT2D eigenvalue weighted by Gasteiger charge is -2.17. The fourth-order valence-electron chi connectivity index (χ4n) is 1.21. The van der Waals surface area contributed by atoms with Crippen LogP contribution in [0.5, 0.6) is 5.75 Å². The van der Waals surface area contributed by atoms with Gasteiger partial charge in [0, 0.05) is 13.1 Å². The van der Waals surface area contributed by atoms with Gasteiger partial charge in [-0.2, -0.15) is 0 Å². The van der Waals surface area contributed by atoms with Crippen LogP contribution in [0.25, 0.3) is 0 Å². The van der Waals surface area contributed by atoms with Crippen LogP contribution < -0.4 is 9.64 Å². The number of nitrogens with zero attached hydrogens (tertiary/aromatic N) is 1. The number of aliphatic carboxylic acids is 1. The molecule has 15 heavy (non-hydrogen) atoms. The fraction of sp³-hybridized carbons (Fsp3) is 0.300. The number of hydrogen-bond donors (Lipinski definition) is 1. The van der Waals surface area contributed by atoms with Crippen LogP contribution in [0.2, 0.25) is 0 Å². The predicted octanol–water partition coefficient (Wildman–Crippen LogP) is 1.36. The zero-order chi connectivity index (χ0) is 11.4. The number of anilines is 1. The Morgan fingerprint density at radius 2 is 2.27 bits per heavy atom. The summed E-state index contributed by atoms with van der Waals surface area (Å²) < 4.78 is 18.3. The van der Waals surface area contributed by atoms with Crippen LogP contribution in [0, 0.1) is 5.82 Å². The third-order valence-electron chi connectivity index (χ3n) is 1.94. The SMILES string of the molecule is COc1ccc(N(C)CC(=O)O)c(F)c1. The van der Waals surface area contributed by atoms with Gasteiger partial charge in [-0.3, -0.25) is 4.79 Å². The largest absolute Gasteiger partial charge is 0.497 e. The van der Waals surface area contributed by atoms with Crippen molar-refractivity contribution in [3.63, 3.8) is 0 Å². The number of rotatable bonds is 4. The number of ether oxygens (including phenoxy) is 1.